The molecule has 4 heterocycles. The van der Waals surface area contributed by atoms with E-state index in [2.05, 4.69) is 20.3 Å². The van der Waals surface area contributed by atoms with Crippen LogP contribution >= 0.6 is 24.2 Å². The quantitative estimate of drug-likeness (QED) is 0.617. The average molecular weight is 422 g/mol. The molecule has 0 amide bonds. The molecule has 28 heavy (non-hydrogen) atoms. The van der Waals surface area contributed by atoms with Gasteiger partial charge in [-0.05, 0) is 20.9 Å². The molecular formula is C18H24ClN7OS. The van der Waals surface area contributed by atoms with Crippen molar-refractivity contribution in [3.63, 3.8) is 0 Å². The molecule has 1 unspecified atom stereocenters. The third-order valence-corrected chi connectivity index (χ3v) is 6.10. The van der Waals surface area contributed by atoms with Gasteiger partial charge in [0.05, 0.1) is 30.4 Å². The molecule has 150 valence electrons. The summed E-state index contributed by atoms with van der Waals surface area (Å²) in [6.07, 6.45) is 2.66. The van der Waals surface area contributed by atoms with Gasteiger partial charge in [0.25, 0.3) is 0 Å². The van der Waals surface area contributed by atoms with Crippen LogP contribution in [0.3, 0.4) is 0 Å². The Hall–Kier alpha value is -2.10. The maximum absolute atomic E-state index is 5.98. The highest BCUT2D eigenvalue weighted by atomic mass is 35.5. The highest BCUT2D eigenvalue weighted by molar-refractivity contribution is 7.99. The summed E-state index contributed by atoms with van der Waals surface area (Å²) in [5.74, 6) is 2.05. The summed E-state index contributed by atoms with van der Waals surface area (Å²) < 4.78 is 7.42. The summed E-state index contributed by atoms with van der Waals surface area (Å²) in [6, 6.07) is 0.330. The van der Waals surface area contributed by atoms with Gasteiger partial charge in [0.1, 0.15) is 10.8 Å². The van der Waals surface area contributed by atoms with E-state index in [1.54, 1.807) is 18.9 Å². The van der Waals surface area contributed by atoms with E-state index in [-0.39, 0.29) is 18.4 Å². The van der Waals surface area contributed by atoms with Gasteiger partial charge >= 0.3 is 0 Å². The van der Waals surface area contributed by atoms with Crippen molar-refractivity contribution in [3.8, 4) is 5.75 Å². The number of hydrogen-bond acceptors (Lipinski definition) is 8. The number of pyridine rings is 1. The number of methoxy groups -OCH3 is 1. The van der Waals surface area contributed by atoms with Crippen LogP contribution in [0.2, 0.25) is 0 Å². The molecule has 0 fully saturated rings. The summed E-state index contributed by atoms with van der Waals surface area (Å²) >= 11 is 1.70. The fourth-order valence-corrected chi connectivity index (χ4v) is 4.67. The molecule has 0 saturated heterocycles. The van der Waals surface area contributed by atoms with Crippen LogP contribution in [-0.4, -0.2) is 50.7 Å². The Kier molecular flexibility index (Phi) is 5.97. The molecule has 0 spiro atoms. The Labute approximate surface area is 174 Å². The zero-order chi connectivity index (χ0) is 19.1. The summed E-state index contributed by atoms with van der Waals surface area (Å²) in [5, 5.41) is 10.1. The lowest BCUT2D eigenvalue weighted by molar-refractivity contribution is 0.406. The lowest BCUT2D eigenvalue weighted by Crippen LogP contribution is -2.29. The van der Waals surface area contributed by atoms with Crippen molar-refractivity contribution in [1.29, 1.82) is 0 Å². The SMILES string of the molecule is CNC1CSc2nc(N)nc3c2c(nn3Cc2ncc(C)c(OC)c2C)C1.Cl. The van der Waals surface area contributed by atoms with E-state index in [1.165, 1.54) is 0 Å². The van der Waals surface area contributed by atoms with Crippen LogP contribution in [0.4, 0.5) is 5.95 Å². The van der Waals surface area contributed by atoms with Crippen molar-refractivity contribution in [1.82, 2.24) is 30.0 Å². The first-order valence-electron chi connectivity index (χ1n) is 8.83. The van der Waals surface area contributed by atoms with E-state index in [0.29, 0.717) is 12.6 Å². The number of thioether (sulfide) groups is 1. The number of nitrogens with one attached hydrogen (secondary N) is 1. The number of aryl methyl sites for hydroxylation is 1. The zero-order valence-corrected chi connectivity index (χ0v) is 17.9. The van der Waals surface area contributed by atoms with E-state index in [0.717, 1.165) is 56.5 Å². The van der Waals surface area contributed by atoms with Crippen molar-refractivity contribution in [2.24, 2.45) is 0 Å². The standard InChI is InChI=1S/C18H23N7OS.ClH/c1-9-6-21-13(10(2)15(9)26-4)7-25-16-14-12(24-25)5-11(20-3)8-27-17(14)23-18(19)22-16;/h6,11,20H,5,7-8H2,1-4H3,(H2,19,22,23);1H. The largest absolute Gasteiger partial charge is 0.496 e. The molecule has 10 heteroatoms. The fourth-order valence-electron chi connectivity index (χ4n) is 3.51. The number of aromatic nitrogens is 5. The molecule has 0 bridgehead atoms. The number of halogens is 1. The van der Waals surface area contributed by atoms with Crippen molar-refractivity contribution >= 4 is 41.2 Å². The van der Waals surface area contributed by atoms with Gasteiger partial charge in [0.2, 0.25) is 5.95 Å². The summed E-state index contributed by atoms with van der Waals surface area (Å²) in [6.45, 7) is 4.51. The van der Waals surface area contributed by atoms with Crippen LogP contribution in [0.25, 0.3) is 11.0 Å². The fraction of sp³-hybridized carbons (Fsp3) is 0.444. The molecule has 3 N–H and O–H groups in total. The Balaban J connectivity index is 0.00000225. The van der Waals surface area contributed by atoms with Crippen LogP contribution in [0.1, 0.15) is 22.5 Å². The van der Waals surface area contributed by atoms with Crippen LogP contribution in [-0.2, 0) is 13.0 Å². The molecular weight excluding hydrogens is 398 g/mol. The first-order valence-corrected chi connectivity index (χ1v) is 9.82. The minimum absolute atomic E-state index is 0. The number of likely N-dealkylation sites (N-methyl/N-ethyl adjacent to an activating group) is 1. The molecule has 4 rings (SSSR count). The lowest BCUT2D eigenvalue weighted by atomic mass is 10.1. The topological polar surface area (TPSA) is 104 Å². The van der Waals surface area contributed by atoms with Gasteiger partial charge < -0.3 is 15.8 Å². The molecule has 8 nitrogen and oxygen atoms in total. The summed E-state index contributed by atoms with van der Waals surface area (Å²) in [5.41, 5.74) is 10.7. The average Bonchev–Trinajstić information content (AvgIpc) is 2.87. The predicted molar refractivity (Wildman–Crippen MR) is 114 cm³/mol. The van der Waals surface area contributed by atoms with Gasteiger partial charge in [0.15, 0.2) is 5.65 Å². The number of hydrogen-bond donors (Lipinski definition) is 2. The Bertz CT molecular complexity index is 1020. The van der Waals surface area contributed by atoms with Gasteiger partial charge in [-0.1, -0.05) is 0 Å². The molecule has 1 aliphatic heterocycles. The number of nitrogens with two attached hydrogens (primary N) is 1. The van der Waals surface area contributed by atoms with Gasteiger partial charge in [0, 0.05) is 35.5 Å². The lowest BCUT2D eigenvalue weighted by Gasteiger charge is -2.13. The summed E-state index contributed by atoms with van der Waals surface area (Å²) in [4.78, 5) is 13.5. The van der Waals surface area contributed by atoms with Crippen molar-refractivity contribution in [2.45, 2.75) is 37.9 Å². The molecule has 1 aliphatic rings. The van der Waals surface area contributed by atoms with Gasteiger partial charge in [-0.25, -0.2) is 9.67 Å². The molecule has 0 radical (unpaired) electrons. The van der Waals surface area contributed by atoms with Gasteiger partial charge in [-0.2, -0.15) is 10.1 Å². The van der Waals surface area contributed by atoms with Crippen LogP contribution < -0.4 is 15.8 Å². The number of anilines is 1. The third-order valence-electron chi connectivity index (χ3n) is 4.97. The minimum Gasteiger partial charge on any atom is -0.496 e. The maximum Gasteiger partial charge on any atom is 0.223 e. The zero-order valence-electron chi connectivity index (χ0n) is 16.3. The third kappa shape index (κ3) is 3.49. The molecule has 3 aromatic rings. The van der Waals surface area contributed by atoms with Gasteiger partial charge in [-0.3, -0.25) is 4.98 Å². The van der Waals surface area contributed by atoms with Crippen LogP contribution in [0.15, 0.2) is 11.2 Å². The highest BCUT2D eigenvalue weighted by Crippen LogP contribution is 2.34. The normalized spacial score (nSPS) is 15.9. The molecule has 0 saturated carbocycles. The van der Waals surface area contributed by atoms with Crippen molar-refractivity contribution in [2.75, 3.05) is 25.6 Å². The van der Waals surface area contributed by atoms with Crippen LogP contribution in [0, 0.1) is 13.8 Å². The molecule has 1 atom stereocenters. The number of rotatable bonds is 4. The minimum atomic E-state index is 0. The molecule has 0 aliphatic carbocycles. The van der Waals surface area contributed by atoms with Crippen LogP contribution in [0.5, 0.6) is 5.75 Å². The summed E-state index contributed by atoms with van der Waals surface area (Å²) in [7, 11) is 3.66. The maximum atomic E-state index is 5.98. The van der Waals surface area contributed by atoms with E-state index >= 15 is 0 Å². The smallest absolute Gasteiger partial charge is 0.223 e. The highest BCUT2D eigenvalue weighted by Gasteiger charge is 2.25. The number of nitrogen functional groups attached to an aromatic ring is 1. The predicted octanol–water partition coefficient (Wildman–Crippen LogP) is 2.14. The first-order chi connectivity index (χ1) is 13.0. The van der Waals surface area contributed by atoms with E-state index in [4.69, 9.17) is 15.6 Å². The monoisotopic (exact) mass is 421 g/mol. The van der Waals surface area contributed by atoms with Crippen molar-refractivity contribution in [3.05, 3.63) is 28.7 Å². The Morgan fingerprint density at radius 3 is 2.86 bits per heavy atom. The van der Waals surface area contributed by atoms with E-state index in [1.807, 2.05) is 31.8 Å². The van der Waals surface area contributed by atoms with Gasteiger partial charge in [-0.15, -0.1) is 24.2 Å². The van der Waals surface area contributed by atoms with Crippen molar-refractivity contribution < 1.29 is 4.74 Å². The Morgan fingerprint density at radius 1 is 1.36 bits per heavy atom. The number of ether oxygens (including phenoxy) is 1. The van der Waals surface area contributed by atoms with E-state index < -0.39 is 0 Å². The first kappa shape index (κ1) is 20.6. The second-order valence-electron chi connectivity index (χ2n) is 6.74. The number of nitrogens with zero attached hydrogens (tertiary/aromatic N) is 5. The Morgan fingerprint density at radius 2 is 2.14 bits per heavy atom. The second-order valence-corrected chi connectivity index (χ2v) is 7.75. The molecule has 0 aromatic carbocycles. The second kappa shape index (κ2) is 8.10. The molecule has 3 aromatic heterocycles. The van der Waals surface area contributed by atoms with E-state index in [9.17, 15) is 0 Å².